The predicted molar refractivity (Wildman–Crippen MR) is 52.8 cm³/mol. The Morgan fingerprint density at radius 3 is 2.93 bits per heavy atom. The van der Waals surface area contributed by atoms with Crippen LogP contribution in [0.15, 0.2) is 12.1 Å². The van der Waals surface area contributed by atoms with Gasteiger partial charge in [-0.15, -0.1) is 0 Å². The van der Waals surface area contributed by atoms with Gasteiger partial charge in [-0.3, -0.25) is 0 Å². The Morgan fingerprint density at radius 2 is 2.29 bits per heavy atom. The minimum Gasteiger partial charge on any atom is -0.508 e. The Kier molecular flexibility index (Phi) is 2.42. The van der Waals surface area contributed by atoms with Gasteiger partial charge in [0.2, 0.25) is 0 Å². The molecule has 2 nitrogen and oxygen atoms in total. The molecule has 1 unspecified atom stereocenters. The van der Waals surface area contributed by atoms with Crippen molar-refractivity contribution in [3.05, 3.63) is 29.1 Å². The van der Waals surface area contributed by atoms with Crippen molar-refractivity contribution in [2.45, 2.75) is 25.8 Å². The Balaban J connectivity index is 2.40. The van der Waals surface area contributed by atoms with Crippen molar-refractivity contribution in [2.24, 2.45) is 0 Å². The van der Waals surface area contributed by atoms with E-state index in [0.29, 0.717) is 11.1 Å². The third-order valence-electron chi connectivity index (χ3n) is 2.70. The molecule has 2 rings (SSSR count). The fraction of sp³-hybridized carbons (Fsp3) is 0.455. The maximum Gasteiger partial charge on any atom is 0.131 e. The molecule has 1 aromatic carbocycles. The first-order valence-corrected chi connectivity index (χ1v) is 4.91. The molecule has 0 saturated carbocycles. The lowest BCUT2D eigenvalue weighted by Gasteiger charge is -2.13. The highest BCUT2D eigenvalue weighted by Gasteiger charge is 2.21. The highest BCUT2D eigenvalue weighted by atomic mass is 19.1. The summed E-state index contributed by atoms with van der Waals surface area (Å²) in [5.74, 6) is -0.0465. The van der Waals surface area contributed by atoms with Gasteiger partial charge in [-0.1, -0.05) is 0 Å². The molecule has 1 aliphatic heterocycles. The van der Waals surface area contributed by atoms with Crippen LogP contribution in [0.5, 0.6) is 5.75 Å². The zero-order chi connectivity index (χ0) is 10.1. The molecule has 1 fully saturated rings. The highest BCUT2D eigenvalue weighted by molar-refractivity contribution is 5.36. The third-order valence-corrected chi connectivity index (χ3v) is 2.70. The summed E-state index contributed by atoms with van der Waals surface area (Å²) in [5, 5.41) is 12.6. The quantitative estimate of drug-likeness (QED) is 0.720. The fourth-order valence-electron chi connectivity index (χ4n) is 1.98. The zero-order valence-electron chi connectivity index (χ0n) is 8.18. The average Bonchev–Trinajstić information content (AvgIpc) is 2.63. The Hall–Kier alpha value is -1.09. The van der Waals surface area contributed by atoms with Crippen LogP contribution in [-0.4, -0.2) is 11.7 Å². The average molecular weight is 195 g/mol. The zero-order valence-corrected chi connectivity index (χ0v) is 8.18. The first-order chi connectivity index (χ1) is 6.68. The number of rotatable bonds is 1. The lowest BCUT2D eigenvalue weighted by atomic mass is 10.0. The lowest BCUT2D eigenvalue weighted by molar-refractivity contribution is 0.466. The second-order valence-corrected chi connectivity index (χ2v) is 3.81. The van der Waals surface area contributed by atoms with E-state index in [0.717, 1.165) is 19.4 Å². The number of nitrogens with one attached hydrogen (secondary N) is 1. The summed E-state index contributed by atoms with van der Waals surface area (Å²) in [6, 6.07) is 3.04. The van der Waals surface area contributed by atoms with Crippen LogP contribution in [0, 0.1) is 12.7 Å². The number of hydrogen-bond acceptors (Lipinski definition) is 2. The second-order valence-electron chi connectivity index (χ2n) is 3.81. The van der Waals surface area contributed by atoms with Gasteiger partial charge in [-0.05, 0) is 44.0 Å². The molecular weight excluding hydrogens is 181 g/mol. The van der Waals surface area contributed by atoms with Crippen molar-refractivity contribution in [1.82, 2.24) is 5.32 Å². The number of benzene rings is 1. The maximum absolute atomic E-state index is 13.7. The van der Waals surface area contributed by atoms with Gasteiger partial charge < -0.3 is 10.4 Å². The normalized spacial score (nSPS) is 21.4. The lowest BCUT2D eigenvalue weighted by Crippen LogP contribution is -2.14. The molecule has 0 bridgehead atoms. The van der Waals surface area contributed by atoms with Gasteiger partial charge in [-0.2, -0.15) is 0 Å². The molecule has 1 aromatic rings. The van der Waals surface area contributed by atoms with Crippen molar-refractivity contribution in [1.29, 1.82) is 0 Å². The minimum atomic E-state index is -0.192. The molecule has 1 heterocycles. The summed E-state index contributed by atoms with van der Waals surface area (Å²) in [6.45, 7) is 2.60. The van der Waals surface area contributed by atoms with Crippen molar-refractivity contribution in [2.75, 3.05) is 6.54 Å². The van der Waals surface area contributed by atoms with E-state index in [1.54, 1.807) is 6.92 Å². The van der Waals surface area contributed by atoms with Gasteiger partial charge >= 0.3 is 0 Å². The number of aromatic hydroxyl groups is 1. The van der Waals surface area contributed by atoms with Crippen molar-refractivity contribution < 1.29 is 9.50 Å². The molecule has 3 heteroatoms. The van der Waals surface area contributed by atoms with Crippen molar-refractivity contribution >= 4 is 0 Å². The smallest absolute Gasteiger partial charge is 0.131 e. The van der Waals surface area contributed by atoms with Crippen LogP contribution in [-0.2, 0) is 0 Å². The van der Waals surface area contributed by atoms with E-state index in [9.17, 15) is 9.50 Å². The van der Waals surface area contributed by atoms with E-state index < -0.39 is 0 Å². The van der Waals surface area contributed by atoms with Gasteiger partial charge in [0.25, 0.3) is 0 Å². The summed E-state index contributed by atoms with van der Waals surface area (Å²) in [5.41, 5.74) is 1.11. The van der Waals surface area contributed by atoms with Gasteiger partial charge in [0.15, 0.2) is 0 Å². The largest absolute Gasteiger partial charge is 0.508 e. The molecule has 0 aromatic heterocycles. The van der Waals surface area contributed by atoms with Gasteiger partial charge in [-0.25, -0.2) is 4.39 Å². The number of hydrogen-bond donors (Lipinski definition) is 2. The van der Waals surface area contributed by atoms with Gasteiger partial charge in [0, 0.05) is 11.6 Å². The standard InChI is InChI=1S/C11H14FNO/c1-7-5-8(14)6-9(11(7)12)10-3-2-4-13-10/h5-6,10,13-14H,2-4H2,1H3. The molecule has 1 aliphatic rings. The van der Waals surface area contributed by atoms with E-state index in [4.69, 9.17) is 0 Å². The second kappa shape index (κ2) is 3.58. The molecule has 1 atom stereocenters. The molecule has 2 N–H and O–H groups in total. The van der Waals surface area contributed by atoms with E-state index in [1.807, 2.05) is 0 Å². The molecule has 76 valence electrons. The molecule has 0 aliphatic carbocycles. The molecule has 0 spiro atoms. The number of aryl methyl sites for hydroxylation is 1. The molecule has 0 amide bonds. The number of phenolic OH excluding ortho intramolecular Hbond substituents is 1. The summed E-state index contributed by atoms with van der Waals surface area (Å²) in [7, 11) is 0. The van der Waals surface area contributed by atoms with Crippen LogP contribution in [0.4, 0.5) is 4.39 Å². The van der Waals surface area contributed by atoms with E-state index in [2.05, 4.69) is 5.32 Å². The summed E-state index contributed by atoms with van der Waals surface area (Å²) < 4.78 is 13.7. The van der Waals surface area contributed by atoms with Gasteiger partial charge in [0.05, 0.1) is 0 Å². The summed E-state index contributed by atoms with van der Waals surface area (Å²) >= 11 is 0. The minimum absolute atomic E-state index is 0.0702. The number of halogens is 1. The maximum atomic E-state index is 13.7. The molecule has 14 heavy (non-hydrogen) atoms. The van der Waals surface area contributed by atoms with Crippen molar-refractivity contribution in [3.8, 4) is 5.75 Å². The SMILES string of the molecule is Cc1cc(O)cc(C2CCCN2)c1F. The van der Waals surface area contributed by atoms with Crippen LogP contribution in [0.25, 0.3) is 0 Å². The summed E-state index contributed by atoms with van der Waals surface area (Å²) in [6.07, 6.45) is 2.01. The van der Waals surface area contributed by atoms with Crippen LogP contribution in [0.1, 0.15) is 30.0 Å². The van der Waals surface area contributed by atoms with Gasteiger partial charge in [0.1, 0.15) is 11.6 Å². The Labute approximate surface area is 82.8 Å². The fourth-order valence-corrected chi connectivity index (χ4v) is 1.98. The third kappa shape index (κ3) is 1.60. The Morgan fingerprint density at radius 1 is 1.50 bits per heavy atom. The van der Waals surface area contributed by atoms with Crippen LogP contribution in [0.2, 0.25) is 0 Å². The molecule has 1 saturated heterocycles. The first-order valence-electron chi connectivity index (χ1n) is 4.91. The Bertz CT molecular complexity index is 345. The first kappa shape index (κ1) is 9.46. The van der Waals surface area contributed by atoms with Crippen LogP contribution >= 0.6 is 0 Å². The highest BCUT2D eigenvalue weighted by Crippen LogP contribution is 2.29. The van der Waals surface area contributed by atoms with E-state index >= 15 is 0 Å². The monoisotopic (exact) mass is 195 g/mol. The summed E-state index contributed by atoms with van der Waals surface area (Å²) in [4.78, 5) is 0. The van der Waals surface area contributed by atoms with E-state index in [-0.39, 0.29) is 17.6 Å². The van der Waals surface area contributed by atoms with Crippen molar-refractivity contribution in [3.63, 3.8) is 0 Å². The van der Waals surface area contributed by atoms with Crippen LogP contribution < -0.4 is 5.32 Å². The molecular formula is C11H14FNO. The van der Waals surface area contributed by atoms with E-state index in [1.165, 1.54) is 12.1 Å². The van der Waals surface area contributed by atoms with Crippen LogP contribution in [0.3, 0.4) is 0 Å². The topological polar surface area (TPSA) is 32.3 Å². The predicted octanol–water partition coefficient (Wildman–Crippen LogP) is 2.26. The number of phenols is 1. The molecule has 0 radical (unpaired) electrons.